The first kappa shape index (κ1) is 11.6. The van der Waals surface area contributed by atoms with Crippen LogP contribution >= 0.6 is 0 Å². The first-order valence-corrected chi connectivity index (χ1v) is 4.78. The molecule has 0 aromatic heterocycles. The Hall–Kier alpha value is -1.43. The summed E-state index contributed by atoms with van der Waals surface area (Å²) < 4.78 is 4.88. The molecule has 2 amide bonds. The largest absolute Gasteiger partial charge is 0.383 e. The molecule has 1 atom stereocenters. The highest BCUT2D eigenvalue weighted by Gasteiger charge is 2.19. The molecule has 0 aromatic rings. The molecule has 1 heterocycles. The van der Waals surface area contributed by atoms with Gasteiger partial charge in [-0.15, -0.1) is 0 Å². The number of rotatable bonds is 4. The normalized spacial score (nSPS) is 17.7. The van der Waals surface area contributed by atoms with E-state index in [4.69, 9.17) is 4.74 Å². The fourth-order valence-corrected chi connectivity index (χ4v) is 1.24. The zero-order chi connectivity index (χ0) is 11.3. The molecular formula is C9H15N3O3. The molecule has 0 saturated heterocycles. The molecule has 2 N–H and O–H groups in total. The van der Waals surface area contributed by atoms with Crippen LogP contribution in [0.15, 0.2) is 5.10 Å². The van der Waals surface area contributed by atoms with Crippen molar-refractivity contribution in [1.82, 2.24) is 10.7 Å². The molecule has 1 unspecified atom stereocenters. The molecule has 15 heavy (non-hydrogen) atoms. The number of carbonyl (C=O) groups excluding carboxylic acids is 2. The lowest BCUT2D eigenvalue weighted by atomic mass is 10.1. The second-order valence-electron chi connectivity index (χ2n) is 3.42. The topological polar surface area (TPSA) is 79.8 Å². The molecule has 0 aliphatic carbocycles. The zero-order valence-corrected chi connectivity index (χ0v) is 8.87. The van der Waals surface area contributed by atoms with Gasteiger partial charge in [0.2, 0.25) is 5.91 Å². The first-order valence-electron chi connectivity index (χ1n) is 4.78. The molecular weight excluding hydrogens is 198 g/mol. The number of hydrazone groups is 1. The van der Waals surface area contributed by atoms with E-state index in [9.17, 15) is 9.59 Å². The lowest BCUT2D eigenvalue weighted by molar-refractivity contribution is -0.121. The zero-order valence-electron chi connectivity index (χ0n) is 8.87. The number of hydrogen-bond acceptors (Lipinski definition) is 4. The van der Waals surface area contributed by atoms with Crippen molar-refractivity contribution in [1.29, 1.82) is 0 Å². The van der Waals surface area contributed by atoms with Gasteiger partial charge in [-0.1, -0.05) is 0 Å². The highest BCUT2D eigenvalue weighted by atomic mass is 16.5. The summed E-state index contributed by atoms with van der Waals surface area (Å²) in [5, 5.41) is 6.41. The van der Waals surface area contributed by atoms with Gasteiger partial charge in [-0.25, -0.2) is 5.43 Å². The first-order chi connectivity index (χ1) is 7.13. The second-order valence-corrected chi connectivity index (χ2v) is 3.42. The summed E-state index contributed by atoms with van der Waals surface area (Å²) in [5.74, 6) is -0.406. The van der Waals surface area contributed by atoms with Crippen LogP contribution in [0.5, 0.6) is 0 Å². The summed E-state index contributed by atoms with van der Waals surface area (Å²) in [6.07, 6.45) is 0.697. The van der Waals surface area contributed by atoms with Gasteiger partial charge in [-0.3, -0.25) is 9.59 Å². The molecule has 6 heteroatoms. The molecule has 6 nitrogen and oxygen atoms in total. The molecule has 0 fully saturated rings. The molecule has 1 rings (SSSR count). The molecule has 1 aliphatic rings. The standard InChI is InChI=1S/C9H15N3O3/c1-6(5-15-2)10-9(14)7-3-4-8(13)12-11-7/h6H,3-5H2,1-2H3,(H,10,14)(H,12,13). The number of amides is 2. The van der Waals surface area contributed by atoms with Gasteiger partial charge in [0.15, 0.2) is 0 Å². The predicted octanol–water partition coefficient (Wildman–Crippen LogP) is -0.596. The van der Waals surface area contributed by atoms with Crippen molar-refractivity contribution in [3.05, 3.63) is 0 Å². The average molecular weight is 213 g/mol. The van der Waals surface area contributed by atoms with Crippen LogP contribution < -0.4 is 10.7 Å². The number of nitrogens with zero attached hydrogens (tertiary/aromatic N) is 1. The smallest absolute Gasteiger partial charge is 0.267 e. The van der Waals surface area contributed by atoms with Crippen molar-refractivity contribution >= 4 is 17.5 Å². The Balaban J connectivity index is 2.43. The Morgan fingerprint density at radius 2 is 2.40 bits per heavy atom. The third kappa shape index (κ3) is 3.67. The Morgan fingerprint density at radius 1 is 1.67 bits per heavy atom. The SMILES string of the molecule is COCC(C)NC(=O)C1=NNC(=O)CC1. The highest BCUT2D eigenvalue weighted by Crippen LogP contribution is 1.99. The van der Waals surface area contributed by atoms with Crippen molar-refractivity contribution in [3.63, 3.8) is 0 Å². The van der Waals surface area contributed by atoms with E-state index >= 15 is 0 Å². The van der Waals surface area contributed by atoms with Crippen LogP contribution in [-0.4, -0.2) is 37.3 Å². The van der Waals surface area contributed by atoms with Crippen LogP contribution in [0, 0.1) is 0 Å². The minimum absolute atomic E-state index is 0.0668. The Labute approximate surface area is 88.1 Å². The van der Waals surface area contributed by atoms with E-state index < -0.39 is 0 Å². The van der Waals surface area contributed by atoms with Gasteiger partial charge in [-0.05, 0) is 6.92 Å². The Bertz CT molecular complexity index is 288. The summed E-state index contributed by atoms with van der Waals surface area (Å²) in [6, 6.07) is -0.0668. The van der Waals surface area contributed by atoms with Crippen molar-refractivity contribution in [3.8, 4) is 0 Å². The van der Waals surface area contributed by atoms with Crippen LogP contribution in [0.3, 0.4) is 0 Å². The van der Waals surface area contributed by atoms with Crippen LogP contribution in [0.1, 0.15) is 19.8 Å². The van der Waals surface area contributed by atoms with Gasteiger partial charge in [0, 0.05) is 26.0 Å². The maximum atomic E-state index is 11.5. The van der Waals surface area contributed by atoms with E-state index in [1.54, 1.807) is 7.11 Å². The third-order valence-corrected chi connectivity index (χ3v) is 1.96. The summed E-state index contributed by atoms with van der Waals surface area (Å²) in [6.45, 7) is 2.29. The van der Waals surface area contributed by atoms with Gasteiger partial charge in [0.25, 0.3) is 5.91 Å². The van der Waals surface area contributed by atoms with E-state index in [-0.39, 0.29) is 17.9 Å². The minimum atomic E-state index is -0.250. The monoisotopic (exact) mass is 213 g/mol. The van der Waals surface area contributed by atoms with Crippen molar-refractivity contribution in [2.45, 2.75) is 25.8 Å². The molecule has 0 bridgehead atoms. The van der Waals surface area contributed by atoms with Crippen LogP contribution in [-0.2, 0) is 14.3 Å². The molecule has 0 spiro atoms. The number of nitrogens with one attached hydrogen (secondary N) is 2. The highest BCUT2D eigenvalue weighted by molar-refractivity contribution is 6.39. The molecule has 84 valence electrons. The minimum Gasteiger partial charge on any atom is -0.383 e. The van der Waals surface area contributed by atoms with Gasteiger partial charge in [-0.2, -0.15) is 5.10 Å². The van der Waals surface area contributed by atoms with Gasteiger partial charge < -0.3 is 10.1 Å². The van der Waals surface area contributed by atoms with Gasteiger partial charge in [0.1, 0.15) is 5.71 Å². The fraction of sp³-hybridized carbons (Fsp3) is 0.667. The van der Waals surface area contributed by atoms with Gasteiger partial charge in [0.05, 0.1) is 6.61 Å². The Morgan fingerprint density at radius 3 is 2.93 bits per heavy atom. The number of methoxy groups -OCH3 is 1. The average Bonchev–Trinajstić information content (AvgIpc) is 2.18. The van der Waals surface area contributed by atoms with E-state index in [1.165, 1.54) is 0 Å². The summed E-state index contributed by atoms with van der Waals surface area (Å²) in [4.78, 5) is 22.3. The second kappa shape index (κ2) is 5.45. The molecule has 0 saturated carbocycles. The van der Waals surface area contributed by atoms with E-state index in [0.717, 1.165) is 0 Å². The summed E-state index contributed by atoms with van der Waals surface area (Å²) in [5.41, 5.74) is 2.63. The predicted molar refractivity (Wildman–Crippen MR) is 54.3 cm³/mol. The number of carbonyl (C=O) groups is 2. The number of hydrogen-bond donors (Lipinski definition) is 2. The fourth-order valence-electron chi connectivity index (χ4n) is 1.24. The molecule has 1 aliphatic heterocycles. The van der Waals surface area contributed by atoms with Crippen molar-refractivity contribution < 1.29 is 14.3 Å². The quantitative estimate of drug-likeness (QED) is 0.654. The van der Waals surface area contributed by atoms with Crippen molar-refractivity contribution in [2.24, 2.45) is 5.10 Å². The summed E-state index contributed by atoms with van der Waals surface area (Å²) in [7, 11) is 1.57. The third-order valence-electron chi connectivity index (χ3n) is 1.96. The lowest BCUT2D eigenvalue weighted by Crippen LogP contribution is -2.42. The van der Waals surface area contributed by atoms with Gasteiger partial charge >= 0.3 is 0 Å². The number of ether oxygens (including phenoxy) is 1. The van der Waals surface area contributed by atoms with Crippen LogP contribution in [0.2, 0.25) is 0 Å². The lowest BCUT2D eigenvalue weighted by Gasteiger charge is -2.15. The maximum absolute atomic E-state index is 11.5. The Kier molecular flexibility index (Phi) is 4.23. The molecule has 0 radical (unpaired) electrons. The maximum Gasteiger partial charge on any atom is 0.267 e. The van der Waals surface area contributed by atoms with Crippen LogP contribution in [0.25, 0.3) is 0 Å². The van der Waals surface area contributed by atoms with Crippen LogP contribution in [0.4, 0.5) is 0 Å². The molecule has 0 aromatic carbocycles. The van der Waals surface area contributed by atoms with Crippen molar-refractivity contribution in [2.75, 3.05) is 13.7 Å². The van der Waals surface area contributed by atoms with E-state index in [2.05, 4.69) is 15.8 Å². The summed E-state index contributed by atoms with van der Waals surface area (Å²) >= 11 is 0. The van der Waals surface area contributed by atoms with E-state index in [1.807, 2.05) is 6.92 Å². The van der Waals surface area contributed by atoms with E-state index in [0.29, 0.717) is 25.2 Å².